The summed E-state index contributed by atoms with van der Waals surface area (Å²) in [5.74, 6) is 0.115. The van der Waals surface area contributed by atoms with Crippen LogP contribution in [-0.2, 0) is 20.3 Å². The third-order valence-electron chi connectivity index (χ3n) is 1.50. The zero-order chi connectivity index (χ0) is 12.6. The Hall–Kier alpha value is -1.31. The molecule has 0 bridgehead atoms. The van der Waals surface area contributed by atoms with Crippen LogP contribution in [0.15, 0.2) is 0 Å². The fourth-order valence-electron chi connectivity index (χ4n) is 0.829. The lowest BCUT2D eigenvalue weighted by Crippen LogP contribution is -2.34. The number of carbonyl (C=O) groups excluding carboxylic acids is 2. The molecule has 0 aromatic carbocycles. The average Bonchev–Trinajstić information content (AvgIpc) is 2.24. The highest BCUT2D eigenvalue weighted by Gasteiger charge is 2.17. The zero-order valence-corrected chi connectivity index (χ0v) is 10.3. The molecule has 1 unspecified atom stereocenters. The molecular formula is C8H16N2O5S. The predicted molar refractivity (Wildman–Crippen MR) is 58.7 cm³/mol. The van der Waals surface area contributed by atoms with E-state index in [9.17, 15) is 13.8 Å². The molecule has 8 heteroatoms. The Kier molecular flexibility index (Phi) is 7.27. The number of hydrogen-bond donors (Lipinski definition) is 2. The van der Waals surface area contributed by atoms with Crippen LogP contribution in [0.5, 0.6) is 0 Å². The van der Waals surface area contributed by atoms with Gasteiger partial charge in [0.2, 0.25) is 0 Å². The number of alkyl carbamates (subject to hydrolysis) is 2. The van der Waals surface area contributed by atoms with Gasteiger partial charge in [-0.25, -0.2) is 9.59 Å². The van der Waals surface area contributed by atoms with Gasteiger partial charge in [-0.2, -0.15) is 0 Å². The first-order valence-corrected chi connectivity index (χ1v) is 6.25. The van der Waals surface area contributed by atoms with E-state index in [4.69, 9.17) is 9.47 Å². The van der Waals surface area contributed by atoms with Gasteiger partial charge < -0.3 is 20.1 Å². The molecule has 0 aromatic heterocycles. The third-order valence-corrected chi connectivity index (χ3v) is 2.34. The maximum Gasteiger partial charge on any atom is 0.407 e. The minimum atomic E-state index is -1.15. The fraction of sp³-hybridized carbons (Fsp3) is 0.750. The van der Waals surface area contributed by atoms with E-state index in [2.05, 4.69) is 10.6 Å². The van der Waals surface area contributed by atoms with E-state index >= 15 is 0 Å². The Balaban J connectivity index is 4.14. The SMILES string of the molecule is CNC(=O)OC[C@H](CS(C)=O)OC(=O)NC. The van der Waals surface area contributed by atoms with Crippen LogP contribution in [0, 0.1) is 0 Å². The van der Waals surface area contributed by atoms with Crippen LogP contribution >= 0.6 is 0 Å². The maximum atomic E-state index is 11.0. The van der Waals surface area contributed by atoms with Gasteiger partial charge in [0.05, 0.1) is 5.75 Å². The number of carbonyl (C=O) groups is 2. The molecule has 0 fully saturated rings. The van der Waals surface area contributed by atoms with Gasteiger partial charge in [0.1, 0.15) is 12.7 Å². The molecule has 0 heterocycles. The molecule has 94 valence electrons. The second-order valence-corrected chi connectivity index (χ2v) is 4.35. The van der Waals surface area contributed by atoms with E-state index in [1.807, 2.05) is 0 Å². The first-order valence-electron chi connectivity index (χ1n) is 4.52. The van der Waals surface area contributed by atoms with Crippen LogP contribution in [0.25, 0.3) is 0 Å². The molecular weight excluding hydrogens is 236 g/mol. The van der Waals surface area contributed by atoms with E-state index < -0.39 is 29.1 Å². The Morgan fingerprint density at radius 1 is 1.25 bits per heavy atom. The highest BCUT2D eigenvalue weighted by atomic mass is 32.2. The molecule has 16 heavy (non-hydrogen) atoms. The normalized spacial score (nSPS) is 13.4. The number of amides is 2. The van der Waals surface area contributed by atoms with Gasteiger partial charge in [0, 0.05) is 31.2 Å². The van der Waals surface area contributed by atoms with E-state index in [1.165, 1.54) is 20.4 Å². The summed E-state index contributed by atoms with van der Waals surface area (Å²) in [5, 5.41) is 4.50. The molecule has 0 aliphatic carbocycles. The first kappa shape index (κ1) is 14.7. The standard InChI is InChI=1S/C8H16N2O5S/c1-9-7(11)14-4-6(5-16(3)13)15-8(12)10-2/h6H,4-5H2,1-3H3,(H,9,11)(H,10,12)/t6-,16?/m1/s1. The molecule has 7 nitrogen and oxygen atoms in total. The number of nitrogens with one attached hydrogen (secondary N) is 2. The zero-order valence-electron chi connectivity index (χ0n) is 9.44. The second-order valence-electron chi connectivity index (χ2n) is 2.87. The molecule has 2 atom stereocenters. The van der Waals surface area contributed by atoms with E-state index in [-0.39, 0.29) is 12.4 Å². The van der Waals surface area contributed by atoms with E-state index in [0.29, 0.717) is 0 Å². The van der Waals surface area contributed by atoms with Gasteiger partial charge in [0.25, 0.3) is 0 Å². The topological polar surface area (TPSA) is 93.7 Å². The van der Waals surface area contributed by atoms with Gasteiger partial charge in [-0.1, -0.05) is 0 Å². The molecule has 0 aromatic rings. The molecule has 0 saturated carbocycles. The van der Waals surface area contributed by atoms with Crippen molar-refractivity contribution in [3.8, 4) is 0 Å². The van der Waals surface area contributed by atoms with Crippen LogP contribution in [0.4, 0.5) is 9.59 Å². The van der Waals surface area contributed by atoms with Crippen molar-refractivity contribution in [1.82, 2.24) is 10.6 Å². The molecule has 0 radical (unpaired) electrons. The molecule has 0 aliphatic heterocycles. The molecule has 0 spiro atoms. The van der Waals surface area contributed by atoms with Crippen LogP contribution in [0.3, 0.4) is 0 Å². The minimum Gasteiger partial charge on any atom is -0.446 e. The molecule has 0 rings (SSSR count). The predicted octanol–water partition coefficient (Wildman–Crippen LogP) is -0.554. The summed E-state index contributed by atoms with van der Waals surface area (Å²) >= 11 is 0. The van der Waals surface area contributed by atoms with Crippen molar-refractivity contribution in [3.05, 3.63) is 0 Å². The lowest BCUT2D eigenvalue weighted by atomic mass is 10.4. The van der Waals surface area contributed by atoms with Gasteiger partial charge in [0.15, 0.2) is 0 Å². The summed E-state index contributed by atoms with van der Waals surface area (Å²) in [6, 6.07) is 0. The van der Waals surface area contributed by atoms with Crippen molar-refractivity contribution >= 4 is 23.0 Å². The number of hydrogen-bond acceptors (Lipinski definition) is 5. The van der Waals surface area contributed by atoms with Crippen molar-refractivity contribution in [2.24, 2.45) is 0 Å². The number of ether oxygens (including phenoxy) is 2. The van der Waals surface area contributed by atoms with Crippen LogP contribution < -0.4 is 10.6 Å². The molecule has 0 saturated heterocycles. The summed E-state index contributed by atoms with van der Waals surface area (Å²) in [6.07, 6.45) is -0.536. The lowest BCUT2D eigenvalue weighted by Gasteiger charge is -2.16. The van der Waals surface area contributed by atoms with Crippen molar-refractivity contribution in [1.29, 1.82) is 0 Å². The largest absolute Gasteiger partial charge is 0.446 e. The van der Waals surface area contributed by atoms with Gasteiger partial charge in [-0.15, -0.1) is 0 Å². The highest BCUT2D eigenvalue weighted by Crippen LogP contribution is 1.97. The van der Waals surface area contributed by atoms with Crippen molar-refractivity contribution in [2.75, 3.05) is 32.7 Å². The van der Waals surface area contributed by atoms with Crippen molar-refractivity contribution in [2.45, 2.75) is 6.10 Å². The molecule has 0 aliphatic rings. The average molecular weight is 252 g/mol. The Labute approximate surface area is 96.3 Å². The van der Waals surface area contributed by atoms with Crippen molar-refractivity contribution in [3.63, 3.8) is 0 Å². The lowest BCUT2D eigenvalue weighted by molar-refractivity contribution is 0.0566. The van der Waals surface area contributed by atoms with Crippen LogP contribution in [0.2, 0.25) is 0 Å². The summed E-state index contributed by atoms with van der Waals surface area (Å²) in [5.41, 5.74) is 0. The van der Waals surface area contributed by atoms with Gasteiger partial charge >= 0.3 is 12.2 Å². The molecule has 2 N–H and O–H groups in total. The third kappa shape index (κ3) is 7.04. The summed E-state index contributed by atoms with van der Waals surface area (Å²) < 4.78 is 20.5. The maximum absolute atomic E-state index is 11.0. The second kappa shape index (κ2) is 7.91. The van der Waals surface area contributed by atoms with Crippen molar-refractivity contribution < 1.29 is 23.3 Å². The molecule has 2 amide bonds. The summed E-state index contributed by atoms with van der Waals surface area (Å²) in [7, 11) is 1.67. The van der Waals surface area contributed by atoms with E-state index in [0.717, 1.165) is 0 Å². The Morgan fingerprint density at radius 3 is 2.25 bits per heavy atom. The van der Waals surface area contributed by atoms with Crippen LogP contribution in [-0.4, -0.2) is 55.2 Å². The quantitative estimate of drug-likeness (QED) is 0.684. The van der Waals surface area contributed by atoms with E-state index in [1.54, 1.807) is 0 Å². The Morgan fingerprint density at radius 2 is 1.81 bits per heavy atom. The highest BCUT2D eigenvalue weighted by molar-refractivity contribution is 7.84. The smallest absolute Gasteiger partial charge is 0.407 e. The van der Waals surface area contributed by atoms with Gasteiger partial charge in [-0.05, 0) is 0 Å². The summed E-state index contributed by atoms with van der Waals surface area (Å²) in [6.45, 7) is -0.132. The van der Waals surface area contributed by atoms with Gasteiger partial charge in [-0.3, -0.25) is 4.21 Å². The Bertz CT molecular complexity index is 271. The number of rotatable bonds is 5. The fourth-order valence-corrected chi connectivity index (χ4v) is 1.52. The summed E-state index contributed by atoms with van der Waals surface area (Å²) in [4.78, 5) is 21.7. The first-order chi connectivity index (χ1) is 7.49. The minimum absolute atomic E-state index is 0.115. The van der Waals surface area contributed by atoms with Crippen LogP contribution in [0.1, 0.15) is 0 Å². The monoisotopic (exact) mass is 252 g/mol.